The summed E-state index contributed by atoms with van der Waals surface area (Å²) < 4.78 is 17.9. The summed E-state index contributed by atoms with van der Waals surface area (Å²) in [5.41, 5.74) is -1.15. The largest absolute Gasteiger partial charge is 0.491 e. The van der Waals surface area contributed by atoms with Gasteiger partial charge in [-0.25, -0.2) is 0 Å². The van der Waals surface area contributed by atoms with Crippen molar-refractivity contribution in [2.45, 2.75) is 70.7 Å². The Hall–Kier alpha value is -1.03. The fraction of sp³-hybridized carbons (Fsp3) is 0.824. The highest BCUT2D eigenvalue weighted by molar-refractivity contribution is 5.66. The van der Waals surface area contributed by atoms with E-state index in [-0.39, 0.29) is 28.5 Å². The van der Waals surface area contributed by atoms with Gasteiger partial charge >= 0.3 is 5.97 Å². The van der Waals surface area contributed by atoms with E-state index in [0.717, 1.165) is 19.3 Å². The molecule has 2 heterocycles. The summed E-state index contributed by atoms with van der Waals surface area (Å²) in [6, 6.07) is 0. The Balaban J connectivity index is 1.90. The average Bonchev–Trinajstić information content (AvgIpc) is 2.78. The van der Waals surface area contributed by atoms with E-state index in [0.29, 0.717) is 6.61 Å². The van der Waals surface area contributed by atoms with Gasteiger partial charge in [0.1, 0.15) is 16.8 Å². The quantitative estimate of drug-likeness (QED) is 0.734. The highest BCUT2D eigenvalue weighted by atomic mass is 16.6. The molecule has 1 saturated carbocycles. The fourth-order valence-electron chi connectivity index (χ4n) is 4.61. The van der Waals surface area contributed by atoms with Crippen LogP contribution < -0.4 is 0 Å². The lowest BCUT2D eigenvalue weighted by atomic mass is 9.57. The lowest BCUT2D eigenvalue weighted by molar-refractivity contribution is -0.189. The van der Waals surface area contributed by atoms with Crippen molar-refractivity contribution in [1.29, 1.82) is 0 Å². The van der Waals surface area contributed by atoms with E-state index in [1.54, 1.807) is 0 Å². The van der Waals surface area contributed by atoms with Crippen molar-refractivity contribution in [2.24, 2.45) is 11.3 Å². The second-order valence-corrected chi connectivity index (χ2v) is 7.82. The SMILES string of the molecule is CC(=O)OC(C)(C)[C@H]1CC[C@]2(C)OC[C@@]3(C)C=CO[C@]32C1. The summed E-state index contributed by atoms with van der Waals surface area (Å²) in [6.45, 7) is 10.6. The lowest BCUT2D eigenvalue weighted by Gasteiger charge is -2.52. The van der Waals surface area contributed by atoms with E-state index >= 15 is 0 Å². The van der Waals surface area contributed by atoms with Gasteiger partial charge in [-0.2, -0.15) is 0 Å². The molecule has 0 bridgehead atoms. The van der Waals surface area contributed by atoms with E-state index in [9.17, 15) is 4.79 Å². The number of carbonyl (C=O) groups is 1. The van der Waals surface area contributed by atoms with Gasteiger partial charge in [0, 0.05) is 12.8 Å². The molecular weight excluding hydrogens is 268 g/mol. The minimum absolute atomic E-state index is 0.0906. The molecule has 0 amide bonds. The van der Waals surface area contributed by atoms with Crippen molar-refractivity contribution in [1.82, 2.24) is 0 Å². The zero-order valence-electron chi connectivity index (χ0n) is 13.7. The van der Waals surface area contributed by atoms with E-state index < -0.39 is 5.60 Å². The van der Waals surface area contributed by atoms with Crippen LogP contribution in [0.3, 0.4) is 0 Å². The average molecular weight is 294 g/mol. The Kier molecular flexibility index (Phi) is 3.01. The van der Waals surface area contributed by atoms with Crippen LogP contribution in [0.2, 0.25) is 0 Å². The van der Waals surface area contributed by atoms with E-state index in [1.807, 2.05) is 20.1 Å². The third kappa shape index (κ3) is 1.88. The predicted molar refractivity (Wildman–Crippen MR) is 78.6 cm³/mol. The topological polar surface area (TPSA) is 44.8 Å². The highest BCUT2D eigenvalue weighted by Crippen LogP contribution is 2.62. The van der Waals surface area contributed by atoms with Crippen LogP contribution in [0.4, 0.5) is 0 Å². The molecule has 4 atom stereocenters. The Labute approximate surface area is 126 Å². The smallest absolute Gasteiger partial charge is 0.303 e. The Morgan fingerprint density at radius 3 is 2.76 bits per heavy atom. The third-order valence-corrected chi connectivity index (χ3v) is 6.07. The minimum atomic E-state index is -0.475. The van der Waals surface area contributed by atoms with E-state index in [2.05, 4.69) is 19.9 Å². The molecule has 3 aliphatic rings. The minimum Gasteiger partial charge on any atom is -0.491 e. The molecule has 0 unspecified atom stereocenters. The van der Waals surface area contributed by atoms with Crippen molar-refractivity contribution < 1.29 is 19.0 Å². The fourth-order valence-corrected chi connectivity index (χ4v) is 4.61. The zero-order chi connectivity index (χ0) is 15.5. The van der Waals surface area contributed by atoms with Gasteiger partial charge in [0.2, 0.25) is 0 Å². The van der Waals surface area contributed by atoms with Gasteiger partial charge < -0.3 is 14.2 Å². The van der Waals surface area contributed by atoms with Crippen LogP contribution in [-0.2, 0) is 19.0 Å². The second kappa shape index (κ2) is 4.25. The van der Waals surface area contributed by atoms with Gasteiger partial charge in [0.05, 0.1) is 18.3 Å². The molecule has 2 fully saturated rings. The predicted octanol–water partition coefficient (Wildman–Crippen LogP) is 3.21. The third-order valence-electron chi connectivity index (χ3n) is 6.07. The van der Waals surface area contributed by atoms with Crippen LogP contribution in [0.25, 0.3) is 0 Å². The molecule has 2 aliphatic heterocycles. The van der Waals surface area contributed by atoms with Gasteiger partial charge in [0.25, 0.3) is 0 Å². The molecule has 4 heteroatoms. The molecule has 118 valence electrons. The summed E-state index contributed by atoms with van der Waals surface area (Å²) in [7, 11) is 0. The van der Waals surface area contributed by atoms with Gasteiger partial charge in [-0.15, -0.1) is 0 Å². The van der Waals surface area contributed by atoms with E-state index in [4.69, 9.17) is 14.2 Å². The monoisotopic (exact) mass is 294 g/mol. The molecule has 1 saturated heterocycles. The van der Waals surface area contributed by atoms with Crippen LogP contribution in [0, 0.1) is 11.3 Å². The lowest BCUT2D eigenvalue weighted by Crippen LogP contribution is -2.61. The van der Waals surface area contributed by atoms with Gasteiger partial charge in [-0.05, 0) is 53.0 Å². The number of ether oxygens (including phenoxy) is 3. The molecule has 0 N–H and O–H groups in total. The standard InChI is InChI=1S/C17H26O4/c1-12(18)21-14(2,3)13-6-7-16(5)17(10-13)15(4,11-20-16)8-9-19-17/h8-9,13H,6-7,10-11H2,1-5H3/t13-,15+,16-,17+/m0/s1. The Bertz CT molecular complexity index is 497. The maximum atomic E-state index is 11.4. The van der Waals surface area contributed by atoms with Crippen LogP contribution in [0.15, 0.2) is 12.3 Å². The van der Waals surface area contributed by atoms with Crippen LogP contribution in [-0.4, -0.2) is 29.4 Å². The molecule has 1 spiro atoms. The number of hydrogen-bond donors (Lipinski definition) is 0. The zero-order valence-corrected chi connectivity index (χ0v) is 13.7. The molecule has 3 rings (SSSR count). The summed E-state index contributed by atoms with van der Waals surface area (Å²) in [5, 5.41) is 0. The normalized spacial score (nSPS) is 44.9. The number of carbonyl (C=O) groups excluding carboxylic acids is 1. The summed E-state index contributed by atoms with van der Waals surface area (Å²) >= 11 is 0. The van der Waals surface area contributed by atoms with Crippen molar-refractivity contribution in [3.8, 4) is 0 Å². The summed E-state index contributed by atoms with van der Waals surface area (Å²) in [5.74, 6) is 0.0529. The van der Waals surface area contributed by atoms with Gasteiger partial charge in [0.15, 0.2) is 0 Å². The molecule has 1 aliphatic carbocycles. The molecule has 0 aromatic rings. The maximum absolute atomic E-state index is 11.4. The number of hydrogen-bond acceptors (Lipinski definition) is 4. The van der Waals surface area contributed by atoms with Crippen molar-refractivity contribution >= 4 is 5.97 Å². The highest BCUT2D eigenvalue weighted by Gasteiger charge is 2.70. The first-order valence-corrected chi connectivity index (χ1v) is 7.83. The maximum Gasteiger partial charge on any atom is 0.303 e. The first-order valence-electron chi connectivity index (χ1n) is 7.83. The summed E-state index contributed by atoms with van der Waals surface area (Å²) in [4.78, 5) is 11.4. The van der Waals surface area contributed by atoms with Crippen LogP contribution >= 0.6 is 0 Å². The first-order chi connectivity index (χ1) is 9.64. The Morgan fingerprint density at radius 2 is 2.10 bits per heavy atom. The van der Waals surface area contributed by atoms with Crippen LogP contribution in [0.5, 0.6) is 0 Å². The second-order valence-electron chi connectivity index (χ2n) is 7.82. The van der Waals surface area contributed by atoms with Crippen molar-refractivity contribution in [3.63, 3.8) is 0 Å². The molecular formula is C17H26O4. The number of rotatable bonds is 2. The Morgan fingerprint density at radius 1 is 1.38 bits per heavy atom. The first kappa shape index (κ1) is 14.9. The van der Waals surface area contributed by atoms with Crippen molar-refractivity contribution in [2.75, 3.05) is 6.61 Å². The molecule has 0 radical (unpaired) electrons. The van der Waals surface area contributed by atoms with Gasteiger partial charge in [-0.1, -0.05) is 0 Å². The molecule has 4 nitrogen and oxygen atoms in total. The van der Waals surface area contributed by atoms with Crippen molar-refractivity contribution in [3.05, 3.63) is 12.3 Å². The molecule has 0 aromatic carbocycles. The van der Waals surface area contributed by atoms with Crippen LogP contribution in [0.1, 0.15) is 53.9 Å². The summed E-state index contributed by atoms with van der Waals surface area (Å²) in [6.07, 6.45) is 6.74. The van der Waals surface area contributed by atoms with Gasteiger partial charge in [-0.3, -0.25) is 4.79 Å². The molecule has 21 heavy (non-hydrogen) atoms. The van der Waals surface area contributed by atoms with E-state index in [1.165, 1.54) is 6.92 Å². The number of esters is 1. The molecule has 0 aromatic heterocycles.